The van der Waals surface area contributed by atoms with Crippen LogP contribution in [0.5, 0.6) is 5.75 Å². The highest BCUT2D eigenvalue weighted by molar-refractivity contribution is 6.59. The molecule has 2 N–H and O–H groups in total. The van der Waals surface area contributed by atoms with Crippen LogP contribution in [0, 0.1) is 12.7 Å². The molecule has 0 bridgehead atoms. The van der Waals surface area contributed by atoms with Gasteiger partial charge in [0, 0.05) is 5.46 Å². The van der Waals surface area contributed by atoms with E-state index in [1.807, 2.05) is 30.3 Å². The van der Waals surface area contributed by atoms with Crippen LogP contribution in [0.25, 0.3) is 0 Å². The van der Waals surface area contributed by atoms with Crippen LogP contribution in [0.2, 0.25) is 0 Å². The third kappa shape index (κ3) is 3.33. The molecule has 2 rings (SSSR count). The summed E-state index contributed by atoms with van der Waals surface area (Å²) in [6, 6.07) is 12.1. The van der Waals surface area contributed by atoms with E-state index < -0.39 is 12.9 Å². The molecule has 0 heterocycles. The second kappa shape index (κ2) is 5.86. The molecule has 0 radical (unpaired) electrons. The molecule has 0 unspecified atom stereocenters. The molecule has 0 amide bonds. The van der Waals surface area contributed by atoms with Crippen molar-refractivity contribution >= 4 is 12.6 Å². The smallest absolute Gasteiger partial charge is 0.486 e. The van der Waals surface area contributed by atoms with E-state index in [-0.39, 0.29) is 17.8 Å². The summed E-state index contributed by atoms with van der Waals surface area (Å²) in [5.74, 6) is -0.719. The Hall–Kier alpha value is -1.85. The molecule has 98 valence electrons. The molecule has 0 aromatic heterocycles. The summed E-state index contributed by atoms with van der Waals surface area (Å²) in [4.78, 5) is 0. The number of rotatable bonds is 4. The Balaban J connectivity index is 2.24. The summed E-state index contributed by atoms with van der Waals surface area (Å²) in [6.45, 7) is 1.84. The van der Waals surface area contributed by atoms with Crippen LogP contribution in [-0.2, 0) is 6.61 Å². The van der Waals surface area contributed by atoms with Crippen molar-refractivity contribution in [3.63, 3.8) is 0 Å². The molecule has 0 atom stereocenters. The first-order chi connectivity index (χ1) is 9.08. The minimum atomic E-state index is -1.76. The lowest BCUT2D eigenvalue weighted by atomic mass is 9.78. The Labute approximate surface area is 111 Å². The summed E-state index contributed by atoms with van der Waals surface area (Å²) in [6.07, 6.45) is 0. The fraction of sp³-hybridized carbons (Fsp3) is 0.143. The molecule has 0 aliphatic carbocycles. The van der Waals surface area contributed by atoms with Crippen molar-refractivity contribution in [3.8, 4) is 5.75 Å². The van der Waals surface area contributed by atoms with E-state index in [1.54, 1.807) is 6.92 Å². The second-order valence-corrected chi connectivity index (χ2v) is 4.31. The summed E-state index contributed by atoms with van der Waals surface area (Å²) in [7, 11) is -1.76. The van der Waals surface area contributed by atoms with Gasteiger partial charge in [-0.05, 0) is 24.1 Å². The van der Waals surface area contributed by atoms with Crippen molar-refractivity contribution in [1.29, 1.82) is 0 Å². The first-order valence-electron chi connectivity index (χ1n) is 5.91. The van der Waals surface area contributed by atoms with Crippen molar-refractivity contribution in [3.05, 3.63) is 59.4 Å². The lowest BCUT2D eigenvalue weighted by Gasteiger charge is -2.13. The third-order valence-corrected chi connectivity index (χ3v) is 2.72. The molecule has 0 saturated heterocycles. The van der Waals surface area contributed by atoms with E-state index in [0.717, 1.165) is 5.56 Å². The average molecular weight is 260 g/mol. The molecule has 2 aromatic carbocycles. The van der Waals surface area contributed by atoms with Crippen LogP contribution < -0.4 is 10.2 Å². The number of hydrogen-bond acceptors (Lipinski definition) is 3. The average Bonchev–Trinajstić information content (AvgIpc) is 2.38. The Morgan fingerprint density at radius 1 is 1.16 bits per heavy atom. The van der Waals surface area contributed by atoms with Gasteiger partial charge in [0.05, 0.1) is 0 Å². The van der Waals surface area contributed by atoms with Crippen molar-refractivity contribution in [1.82, 2.24) is 0 Å². The molecular formula is C14H14BFO3. The zero-order chi connectivity index (χ0) is 13.8. The molecule has 3 nitrogen and oxygen atoms in total. The first kappa shape index (κ1) is 13.6. The van der Waals surface area contributed by atoms with Gasteiger partial charge in [-0.2, -0.15) is 0 Å². The lowest BCUT2D eigenvalue weighted by Crippen LogP contribution is -2.32. The van der Waals surface area contributed by atoms with Gasteiger partial charge in [-0.15, -0.1) is 0 Å². The molecule has 19 heavy (non-hydrogen) atoms. The normalized spacial score (nSPS) is 10.3. The topological polar surface area (TPSA) is 49.7 Å². The van der Waals surface area contributed by atoms with E-state index in [9.17, 15) is 14.4 Å². The maximum Gasteiger partial charge on any atom is 0.492 e. The van der Waals surface area contributed by atoms with E-state index in [2.05, 4.69) is 0 Å². The van der Waals surface area contributed by atoms with E-state index in [1.165, 1.54) is 12.1 Å². The molecule has 0 saturated carbocycles. The van der Waals surface area contributed by atoms with E-state index in [0.29, 0.717) is 5.56 Å². The SMILES string of the molecule is Cc1cc(F)c(OCc2ccccc2)c(B(O)O)c1. The van der Waals surface area contributed by atoms with Crippen LogP contribution in [0.15, 0.2) is 42.5 Å². The Bertz CT molecular complexity index is 558. The zero-order valence-electron chi connectivity index (χ0n) is 10.5. The van der Waals surface area contributed by atoms with Crippen molar-refractivity contribution in [2.75, 3.05) is 0 Å². The monoisotopic (exact) mass is 260 g/mol. The summed E-state index contributed by atoms with van der Waals surface area (Å²) >= 11 is 0. The molecule has 0 aliphatic heterocycles. The third-order valence-electron chi connectivity index (χ3n) is 2.72. The number of hydrogen-bond donors (Lipinski definition) is 2. The Morgan fingerprint density at radius 3 is 2.47 bits per heavy atom. The fourth-order valence-corrected chi connectivity index (χ4v) is 1.83. The molecule has 0 aliphatic rings. The van der Waals surface area contributed by atoms with Gasteiger partial charge in [0.2, 0.25) is 0 Å². The summed E-state index contributed by atoms with van der Waals surface area (Å²) in [5, 5.41) is 18.5. The molecular weight excluding hydrogens is 246 g/mol. The predicted octanol–water partition coefficient (Wildman–Crippen LogP) is 1.39. The van der Waals surface area contributed by atoms with Gasteiger partial charge >= 0.3 is 7.12 Å². The van der Waals surface area contributed by atoms with Crippen LogP contribution in [-0.4, -0.2) is 17.2 Å². The Kier molecular flexibility index (Phi) is 4.19. The lowest BCUT2D eigenvalue weighted by molar-refractivity contribution is 0.291. The number of ether oxygens (including phenoxy) is 1. The minimum absolute atomic E-state index is 0.0356. The van der Waals surface area contributed by atoms with Crippen LogP contribution in [0.1, 0.15) is 11.1 Å². The molecule has 0 spiro atoms. The van der Waals surface area contributed by atoms with Crippen molar-refractivity contribution in [2.24, 2.45) is 0 Å². The van der Waals surface area contributed by atoms with Crippen LogP contribution in [0.3, 0.4) is 0 Å². The minimum Gasteiger partial charge on any atom is -0.486 e. The molecule has 5 heteroatoms. The predicted molar refractivity (Wildman–Crippen MR) is 71.7 cm³/mol. The quantitative estimate of drug-likeness (QED) is 0.817. The van der Waals surface area contributed by atoms with Gasteiger partial charge in [0.1, 0.15) is 6.61 Å². The van der Waals surface area contributed by atoms with E-state index >= 15 is 0 Å². The highest BCUT2D eigenvalue weighted by atomic mass is 19.1. The number of aryl methyl sites for hydroxylation is 1. The highest BCUT2D eigenvalue weighted by Crippen LogP contribution is 2.18. The van der Waals surface area contributed by atoms with E-state index in [4.69, 9.17) is 4.74 Å². The Morgan fingerprint density at radius 2 is 1.84 bits per heavy atom. The van der Waals surface area contributed by atoms with Gasteiger partial charge in [-0.3, -0.25) is 0 Å². The number of halogens is 1. The maximum absolute atomic E-state index is 13.8. The van der Waals surface area contributed by atoms with Gasteiger partial charge in [0.25, 0.3) is 0 Å². The summed E-state index contributed by atoms with van der Waals surface area (Å²) < 4.78 is 19.2. The molecule has 0 fully saturated rings. The second-order valence-electron chi connectivity index (χ2n) is 4.31. The van der Waals surface area contributed by atoms with Gasteiger partial charge in [-0.25, -0.2) is 4.39 Å². The maximum atomic E-state index is 13.8. The largest absolute Gasteiger partial charge is 0.492 e. The van der Waals surface area contributed by atoms with Gasteiger partial charge in [0.15, 0.2) is 11.6 Å². The standard InChI is InChI=1S/C14H14BFO3/c1-10-7-12(15(17)18)14(13(16)8-10)19-9-11-5-3-2-4-6-11/h2-8,17-18H,9H2,1H3. The molecule has 2 aromatic rings. The first-order valence-corrected chi connectivity index (χ1v) is 5.91. The number of benzene rings is 2. The highest BCUT2D eigenvalue weighted by Gasteiger charge is 2.21. The fourth-order valence-electron chi connectivity index (χ4n) is 1.83. The van der Waals surface area contributed by atoms with Crippen LogP contribution in [0.4, 0.5) is 4.39 Å². The van der Waals surface area contributed by atoms with Gasteiger partial charge < -0.3 is 14.8 Å². The van der Waals surface area contributed by atoms with Crippen LogP contribution >= 0.6 is 0 Å². The van der Waals surface area contributed by atoms with Gasteiger partial charge in [-0.1, -0.05) is 36.4 Å². The summed E-state index contributed by atoms with van der Waals surface area (Å²) in [5.41, 5.74) is 1.52. The van der Waals surface area contributed by atoms with Crippen molar-refractivity contribution in [2.45, 2.75) is 13.5 Å². The van der Waals surface area contributed by atoms with Crippen molar-refractivity contribution < 1.29 is 19.2 Å². The zero-order valence-corrected chi connectivity index (χ0v) is 10.5.